The Morgan fingerprint density at radius 3 is 2.86 bits per heavy atom. The van der Waals surface area contributed by atoms with E-state index >= 15 is 0 Å². The molecule has 0 fully saturated rings. The van der Waals surface area contributed by atoms with Crippen molar-refractivity contribution in [3.8, 4) is 0 Å². The van der Waals surface area contributed by atoms with Gasteiger partial charge in [0.15, 0.2) is 3.92 Å². The monoisotopic (exact) mass is 273 g/mol. The first-order valence-electron chi connectivity index (χ1n) is 3.75. The molecule has 1 aromatic carbocycles. The lowest BCUT2D eigenvalue weighted by atomic mass is 10.3. The summed E-state index contributed by atoms with van der Waals surface area (Å²) < 4.78 is 13.5. The van der Waals surface area contributed by atoms with E-state index < -0.39 is 0 Å². The van der Waals surface area contributed by atoms with Crippen LogP contribution >= 0.6 is 27.3 Å². The minimum atomic E-state index is -0.279. The van der Waals surface area contributed by atoms with E-state index in [1.54, 1.807) is 12.1 Å². The van der Waals surface area contributed by atoms with E-state index in [0.717, 1.165) is 0 Å². The van der Waals surface area contributed by atoms with Gasteiger partial charge in [0.05, 0.1) is 0 Å². The molecule has 72 valence electrons. The van der Waals surface area contributed by atoms with Crippen LogP contribution in [0, 0.1) is 5.82 Å². The molecule has 0 aliphatic carbocycles. The molecule has 0 radical (unpaired) electrons. The molecule has 0 unspecified atom stereocenters. The molecule has 2 aromatic rings. The highest BCUT2D eigenvalue weighted by molar-refractivity contribution is 9.11. The smallest absolute Gasteiger partial charge is 0.210 e. The minimum Gasteiger partial charge on any atom is -0.330 e. The van der Waals surface area contributed by atoms with Gasteiger partial charge in [-0.3, -0.25) is 0 Å². The van der Waals surface area contributed by atoms with Crippen molar-refractivity contribution in [2.45, 2.75) is 0 Å². The summed E-state index contributed by atoms with van der Waals surface area (Å²) in [4.78, 5) is 0. The zero-order valence-electron chi connectivity index (χ0n) is 6.87. The molecule has 0 aliphatic rings. The van der Waals surface area contributed by atoms with Gasteiger partial charge in [-0.1, -0.05) is 17.4 Å². The van der Waals surface area contributed by atoms with Crippen LogP contribution in [0.5, 0.6) is 0 Å². The number of aromatic nitrogens is 2. The Labute approximate surface area is 92.1 Å². The molecule has 6 heteroatoms. The van der Waals surface area contributed by atoms with E-state index in [9.17, 15) is 4.39 Å². The van der Waals surface area contributed by atoms with Gasteiger partial charge in [-0.05, 0) is 34.1 Å². The van der Waals surface area contributed by atoms with Crippen LogP contribution in [0.4, 0.5) is 15.2 Å². The van der Waals surface area contributed by atoms with Gasteiger partial charge in [-0.25, -0.2) is 4.39 Å². The van der Waals surface area contributed by atoms with E-state index in [2.05, 4.69) is 31.4 Å². The molecule has 0 bridgehead atoms. The summed E-state index contributed by atoms with van der Waals surface area (Å²) in [6, 6.07) is 6.18. The molecule has 0 aliphatic heterocycles. The predicted octanol–water partition coefficient (Wildman–Crippen LogP) is 3.18. The van der Waals surface area contributed by atoms with Crippen LogP contribution in [0.2, 0.25) is 0 Å². The standard InChI is InChI=1S/C8H5BrFN3S/c9-7-12-13-8(14-7)11-6-3-1-2-5(10)4-6/h1-4H,(H,11,13). The third kappa shape index (κ3) is 2.27. The van der Waals surface area contributed by atoms with Crippen molar-refractivity contribution >= 4 is 38.1 Å². The van der Waals surface area contributed by atoms with Gasteiger partial charge < -0.3 is 5.32 Å². The van der Waals surface area contributed by atoms with Gasteiger partial charge >= 0.3 is 0 Å². The zero-order valence-corrected chi connectivity index (χ0v) is 9.27. The number of nitrogens with one attached hydrogen (secondary N) is 1. The summed E-state index contributed by atoms with van der Waals surface area (Å²) in [5.74, 6) is -0.279. The van der Waals surface area contributed by atoms with Crippen LogP contribution < -0.4 is 5.32 Å². The van der Waals surface area contributed by atoms with Crippen molar-refractivity contribution in [2.75, 3.05) is 5.32 Å². The maximum atomic E-state index is 12.8. The van der Waals surface area contributed by atoms with Crippen molar-refractivity contribution in [1.29, 1.82) is 0 Å². The number of anilines is 2. The lowest BCUT2D eigenvalue weighted by molar-refractivity contribution is 0.628. The summed E-state index contributed by atoms with van der Waals surface area (Å²) in [5, 5.41) is 11.2. The Morgan fingerprint density at radius 1 is 1.36 bits per heavy atom. The first-order valence-corrected chi connectivity index (χ1v) is 5.36. The number of benzene rings is 1. The van der Waals surface area contributed by atoms with Crippen LogP contribution in [0.25, 0.3) is 0 Å². The number of rotatable bonds is 2. The molecule has 14 heavy (non-hydrogen) atoms. The molecular weight excluding hydrogens is 269 g/mol. The minimum absolute atomic E-state index is 0.279. The SMILES string of the molecule is Fc1cccc(Nc2nnc(Br)s2)c1. The summed E-state index contributed by atoms with van der Waals surface area (Å²) in [6.07, 6.45) is 0. The number of nitrogens with zero attached hydrogens (tertiary/aromatic N) is 2. The highest BCUT2D eigenvalue weighted by atomic mass is 79.9. The lowest BCUT2D eigenvalue weighted by Crippen LogP contribution is -1.89. The van der Waals surface area contributed by atoms with Gasteiger partial charge in [-0.15, -0.1) is 10.2 Å². The summed E-state index contributed by atoms with van der Waals surface area (Å²) in [6.45, 7) is 0. The predicted molar refractivity (Wildman–Crippen MR) is 57.3 cm³/mol. The molecule has 3 nitrogen and oxygen atoms in total. The van der Waals surface area contributed by atoms with Gasteiger partial charge in [0.25, 0.3) is 0 Å². The van der Waals surface area contributed by atoms with Crippen molar-refractivity contribution in [3.05, 3.63) is 34.0 Å². The molecule has 0 amide bonds. The van der Waals surface area contributed by atoms with Crippen LogP contribution in [-0.2, 0) is 0 Å². The average Bonchev–Trinajstić information content (AvgIpc) is 2.51. The molecule has 1 aromatic heterocycles. The van der Waals surface area contributed by atoms with E-state index in [4.69, 9.17) is 0 Å². The highest BCUT2D eigenvalue weighted by Crippen LogP contribution is 2.23. The van der Waals surface area contributed by atoms with E-state index in [0.29, 0.717) is 14.7 Å². The lowest BCUT2D eigenvalue weighted by Gasteiger charge is -2.00. The van der Waals surface area contributed by atoms with Gasteiger partial charge in [0, 0.05) is 5.69 Å². The molecule has 1 heterocycles. The quantitative estimate of drug-likeness (QED) is 0.913. The summed E-state index contributed by atoms with van der Waals surface area (Å²) in [7, 11) is 0. The summed E-state index contributed by atoms with van der Waals surface area (Å²) in [5.41, 5.74) is 0.661. The first-order chi connectivity index (χ1) is 6.74. The zero-order chi connectivity index (χ0) is 9.97. The van der Waals surface area contributed by atoms with Crippen LogP contribution in [-0.4, -0.2) is 10.2 Å². The second kappa shape index (κ2) is 4.02. The van der Waals surface area contributed by atoms with Gasteiger partial charge in [-0.2, -0.15) is 0 Å². The molecule has 2 rings (SSSR count). The molecule has 0 spiro atoms. The Kier molecular flexibility index (Phi) is 2.74. The maximum absolute atomic E-state index is 12.8. The summed E-state index contributed by atoms with van der Waals surface area (Å²) >= 11 is 4.54. The fraction of sp³-hybridized carbons (Fsp3) is 0. The molecule has 0 atom stereocenters. The second-order valence-electron chi connectivity index (χ2n) is 2.50. The third-order valence-electron chi connectivity index (χ3n) is 1.48. The van der Waals surface area contributed by atoms with Crippen LogP contribution in [0.15, 0.2) is 28.2 Å². The number of hydrogen-bond acceptors (Lipinski definition) is 4. The van der Waals surface area contributed by atoms with Crippen molar-refractivity contribution in [1.82, 2.24) is 10.2 Å². The highest BCUT2D eigenvalue weighted by Gasteiger charge is 2.01. The Hall–Kier alpha value is -1.01. The van der Waals surface area contributed by atoms with Crippen LogP contribution in [0.3, 0.4) is 0 Å². The molecule has 0 saturated heterocycles. The number of halogens is 2. The normalized spacial score (nSPS) is 10.1. The maximum Gasteiger partial charge on any atom is 0.210 e. The van der Waals surface area contributed by atoms with Crippen LogP contribution in [0.1, 0.15) is 0 Å². The average molecular weight is 274 g/mol. The Bertz CT molecular complexity index is 446. The third-order valence-corrected chi connectivity index (χ3v) is 2.75. The fourth-order valence-electron chi connectivity index (χ4n) is 0.946. The van der Waals surface area contributed by atoms with Crippen molar-refractivity contribution in [2.24, 2.45) is 0 Å². The fourth-order valence-corrected chi connectivity index (χ4v) is 1.98. The number of hydrogen-bond donors (Lipinski definition) is 1. The topological polar surface area (TPSA) is 37.8 Å². The van der Waals surface area contributed by atoms with Gasteiger partial charge in [0.1, 0.15) is 5.82 Å². The Morgan fingerprint density at radius 2 is 2.21 bits per heavy atom. The van der Waals surface area contributed by atoms with E-state index in [1.165, 1.54) is 23.5 Å². The molecule has 0 saturated carbocycles. The molecule has 1 N–H and O–H groups in total. The van der Waals surface area contributed by atoms with Crippen molar-refractivity contribution < 1.29 is 4.39 Å². The second-order valence-corrected chi connectivity index (χ2v) is 4.75. The first kappa shape index (κ1) is 9.54. The largest absolute Gasteiger partial charge is 0.330 e. The van der Waals surface area contributed by atoms with Gasteiger partial charge in [0.2, 0.25) is 5.13 Å². The molecular formula is C8H5BrFN3S. The van der Waals surface area contributed by atoms with E-state index in [1.807, 2.05) is 0 Å². The van der Waals surface area contributed by atoms with Crippen molar-refractivity contribution in [3.63, 3.8) is 0 Å². The Balaban J connectivity index is 2.18. The van der Waals surface area contributed by atoms with E-state index in [-0.39, 0.29) is 5.82 Å².